The standard InChI is InChI=1S/C15H25N5O3S.ClH/c16-12-6-10-2-1-3-11(7-12)15(10)19-14(21)4-5-20-9-13(8-18-20)24(17,22)23;/h8-12,15H,1-7,16H2,(H,19,21)(H2,17,22,23);1H. The van der Waals surface area contributed by atoms with Gasteiger partial charge in [-0.25, -0.2) is 13.6 Å². The lowest BCUT2D eigenvalue weighted by Gasteiger charge is -2.45. The number of fused-ring (bicyclic) bond motifs is 2. The monoisotopic (exact) mass is 391 g/mol. The average molecular weight is 392 g/mol. The van der Waals surface area contributed by atoms with Crippen LogP contribution in [0.3, 0.4) is 0 Å². The number of primary sulfonamides is 1. The highest BCUT2D eigenvalue weighted by Crippen LogP contribution is 2.39. The highest BCUT2D eigenvalue weighted by molar-refractivity contribution is 7.89. The smallest absolute Gasteiger partial charge is 0.241 e. The molecule has 0 aliphatic heterocycles. The lowest BCUT2D eigenvalue weighted by atomic mass is 9.67. The molecule has 2 aliphatic rings. The molecule has 5 N–H and O–H groups in total. The number of nitrogens with one attached hydrogen (secondary N) is 1. The Morgan fingerprint density at radius 1 is 1.32 bits per heavy atom. The molecule has 0 aromatic carbocycles. The molecule has 8 nitrogen and oxygen atoms in total. The molecule has 10 heteroatoms. The highest BCUT2D eigenvalue weighted by Gasteiger charge is 2.39. The zero-order chi connectivity index (χ0) is 17.3. The third kappa shape index (κ3) is 4.93. The molecule has 0 radical (unpaired) electrons. The first-order chi connectivity index (χ1) is 11.3. The number of carbonyl (C=O) groups excluding carboxylic acids is 1. The Morgan fingerprint density at radius 2 is 1.96 bits per heavy atom. The van der Waals surface area contributed by atoms with Crippen LogP contribution >= 0.6 is 12.4 Å². The van der Waals surface area contributed by atoms with Gasteiger partial charge in [0.2, 0.25) is 15.9 Å². The van der Waals surface area contributed by atoms with E-state index in [1.165, 1.54) is 23.5 Å². The molecule has 2 saturated carbocycles. The van der Waals surface area contributed by atoms with Gasteiger partial charge in [0.15, 0.2) is 0 Å². The molecule has 2 atom stereocenters. The quantitative estimate of drug-likeness (QED) is 0.666. The third-order valence-corrected chi connectivity index (χ3v) is 6.08. The van der Waals surface area contributed by atoms with Gasteiger partial charge >= 0.3 is 0 Å². The van der Waals surface area contributed by atoms with Crippen molar-refractivity contribution in [2.24, 2.45) is 22.7 Å². The first-order valence-electron chi connectivity index (χ1n) is 8.43. The van der Waals surface area contributed by atoms with Gasteiger partial charge < -0.3 is 11.1 Å². The maximum atomic E-state index is 12.3. The van der Waals surface area contributed by atoms with Crippen LogP contribution in [0.1, 0.15) is 38.5 Å². The van der Waals surface area contributed by atoms with E-state index in [2.05, 4.69) is 10.4 Å². The molecule has 0 saturated heterocycles. The van der Waals surface area contributed by atoms with E-state index in [0.717, 1.165) is 25.7 Å². The first kappa shape index (κ1) is 20.2. The Kier molecular flexibility index (Phi) is 6.47. The molecule has 25 heavy (non-hydrogen) atoms. The van der Waals surface area contributed by atoms with Gasteiger partial charge in [0.1, 0.15) is 4.90 Å². The molecule has 1 heterocycles. The average Bonchev–Trinajstić information content (AvgIpc) is 2.95. The van der Waals surface area contributed by atoms with Crippen molar-refractivity contribution >= 4 is 28.3 Å². The van der Waals surface area contributed by atoms with Gasteiger partial charge in [0, 0.05) is 31.2 Å². The number of amides is 1. The van der Waals surface area contributed by atoms with Crippen LogP contribution in [0.5, 0.6) is 0 Å². The van der Waals surface area contributed by atoms with E-state index in [0.29, 0.717) is 18.4 Å². The summed E-state index contributed by atoms with van der Waals surface area (Å²) in [6.45, 7) is 0.322. The maximum Gasteiger partial charge on any atom is 0.241 e. The first-order valence-corrected chi connectivity index (χ1v) is 9.98. The fraction of sp³-hybridized carbons (Fsp3) is 0.733. The molecular formula is C15H26ClN5O3S. The second-order valence-corrected chi connectivity index (χ2v) is 8.57. The van der Waals surface area contributed by atoms with Crippen molar-refractivity contribution in [3.8, 4) is 0 Å². The van der Waals surface area contributed by atoms with Gasteiger partial charge in [-0.2, -0.15) is 5.10 Å². The Hall–Kier alpha value is -1.16. The van der Waals surface area contributed by atoms with Crippen LogP contribution in [0.25, 0.3) is 0 Å². The second-order valence-electron chi connectivity index (χ2n) is 7.01. The number of aromatic nitrogens is 2. The van der Waals surface area contributed by atoms with Crippen molar-refractivity contribution in [3.05, 3.63) is 12.4 Å². The van der Waals surface area contributed by atoms with Crippen LogP contribution in [0, 0.1) is 11.8 Å². The Balaban J connectivity index is 0.00000225. The number of hydrogen-bond acceptors (Lipinski definition) is 5. The molecule has 0 spiro atoms. The fourth-order valence-electron chi connectivity index (χ4n) is 4.11. The van der Waals surface area contributed by atoms with Crippen molar-refractivity contribution < 1.29 is 13.2 Å². The summed E-state index contributed by atoms with van der Waals surface area (Å²) in [5, 5.41) is 12.1. The zero-order valence-corrected chi connectivity index (χ0v) is 15.6. The number of carbonyl (C=O) groups is 1. The minimum atomic E-state index is -3.75. The molecule has 1 amide bonds. The number of halogens is 1. The Morgan fingerprint density at radius 3 is 2.52 bits per heavy atom. The van der Waals surface area contributed by atoms with Crippen LogP contribution in [-0.2, 0) is 21.4 Å². The molecule has 2 bridgehead atoms. The second kappa shape index (κ2) is 8.03. The molecule has 2 aliphatic carbocycles. The Labute approximate surface area is 154 Å². The third-order valence-electron chi connectivity index (χ3n) is 5.21. The van der Waals surface area contributed by atoms with Gasteiger partial charge in [-0.1, -0.05) is 6.42 Å². The molecule has 2 fully saturated rings. The lowest BCUT2D eigenvalue weighted by molar-refractivity contribution is -0.123. The molecule has 2 unspecified atom stereocenters. The maximum absolute atomic E-state index is 12.3. The summed E-state index contributed by atoms with van der Waals surface area (Å²) < 4.78 is 23.9. The minimum absolute atomic E-state index is 0. The Bertz CT molecular complexity index is 694. The molecule has 1 aromatic heterocycles. The van der Waals surface area contributed by atoms with Crippen molar-refractivity contribution in [2.75, 3.05) is 0 Å². The van der Waals surface area contributed by atoms with Gasteiger partial charge in [-0.15, -0.1) is 12.4 Å². The zero-order valence-electron chi connectivity index (χ0n) is 14.0. The molecular weight excluding hydrogens is 366 g/mol. The van der Waals surface area contributed by atoms with E-state index in [-0.39, 0.29) is 41.7 Å². The number of nitrogens with zero attached hydrogens (tertiary/aromatic N) is 2. The number of nitrogens with two attached hydrogens (primary N) is 2. The largest absolute Gasteiger partial charge is 0.353 e. The van der Waals surface area contributed by atoms with Crippen LogP contribution < -0.4 is 16.2 Å². The van der Waals surface area contributed by atoms with E-state index in [9.17, 15) is 13.2 Å². The number of sulfonamides is 1. The SMILES string of the molecule is Cl.NC1CC2CCCC(C1)C2NC(=O)CCn1cc(S(N)(=O)=O)cn1. The number of hydrogen-bond donors (Lipinski definition) is 3. The van der Waals surface area contributed by atoms with Crippen LogP contribution in [0.4, 0.5) is 0 Å². The van der Waals surface area contributed by atoms with Gasteiger partial charge in [0.05, 0.1) is 6.20 Å². The minimum Gasteiger partial charge on any atom is -0.353 e. The van der Waals surface area contributed by atoms with E-state index in [4.69, 9.17) is 10.9 Å². The lowest BCUT2D eigenvalue weighted by Crippen LogP contribution is -2.53. The van der Waals surface area contributed by atoms with Crippen molar-refractivity contribution in [1.82, 2.24) is 15.1 Å². The van der Waals surface area contributed by atoms with Crippen LogP contribution in [0.2, 0.25) is 0 Å². The summed E-state index contributed by atoms with van der Waals surface area (Å²) in [4.78, 5) is 12.2. The summed E-state index contributed by atoms with van der Waals surface area (Å²) >= 11 is 0. The van der Waals surface area contributed by atoms with Gasteiger partial charge in [0.25, 0.3) is 0 Å². The molecule has 3 rings (SSSR count). The van der Waals surface area contributed by atoms with E-state index < -0.39 is 10.0 Å². The van der Waals surface area contributed by atoms with Crippen molar-refractivity contribution in [3.63, 3.8) is 0 Å². The van der Waals surface area contributed by atoms with Crippen LogP contribution in [0.15, 0.2) is 17.3 Å². The predicted octanol–water partition coefficient (Wildman–Crippen LogP) is 0.365. The topological polar surface area (TPSA) is 133 Å². The summed E-state index contributed by atoms with van der Waals surface area (Å²) in [6, 6.07) is 0.484. The summed E-state index contributed by atoms with van der Waals surface area (Å²) in [6.07, 6.45) is 8.25. The number of aryl methyl sites for hydroxylation is 1. The van der Waals surface area contributed by atoms with Gasteiger partial charge in [-0.3, -0.25) is 9.48 Å². The van der Waals surface area contributed by atoms with E-state index >= 15 is 0 Å². The highest BCUT2D eigenvalue weighted by atomic mass is 35.5. The number of rotatable bonds is 5. The normalized spacial score (nSPS) is 28.9. The fourth-order valence-corrected chi connectivity index (χ4v) is 4.58. The molecule has 1 aromatic rings. The van der Waals surface area contributed by atoms with Crippen LogP contribution in [-0.4, -0.2) is 36.2 Å². The summed E-state index contributed by atoms with van der Waals surface area (Å²) in [5.41, 5.74) is 6.11. The van der Waals surface area contributed by atoms with E-state index in [1.807, 2.05) is 0 Å². The van der Waals surface area contributed by atoms with E-state index in [1.54, 1.807) is 0 Å². The van der Waals surface area contributed by atoms with Crippen molar-refractivity contribution in [1.29, 1.82) is 0 Å². The summed E-state index contributed by atoms with van der Waals surface area (Å²) in [5.74, 6) is 0.935. The van der Waals surface area contributed by atoms with Gasteiger partial charge in [-0.05, 0) is 37.5 Å². The van der Waals surface area contributed by atoms with Crippen molar-refractivity contribution in [2.45, 2.75) is 62.0 Å². The molecule has 142 valence electrons. The summed E-state index contributed by atoms with van der Waals surface area (Å²) in [7, 11) is -3.75. The predicted molar refractivity (Wildman–Crippen MR) is 95.4 cm³/mol.